The molecular formula is C19H33NO. The van der Waals surface area contributed by atoms with Crippen LogP contribution < -0.4 is 10.5 Å². The molecule has 2 heteroatoms. The van der Waals surface area contributed by atoms with Gasteiger partial charge in [0, 0.05) is 11.1 Å². The lowest BCUT2D eigenvalue weighted by Gasteiger charge is -2.30. The third kappa shape index (κ3) is 4.74. The topological polar surface area (TPSA) is 35.2 Å². The Morgan fingerprint density at radius 2 is 1.38 bits per heavy atom. The summed E-state index contributed by atoms with van der Waals surface area (Å²) in [4.78, 5) is 0. The minimum absolute atomic E-state index is 0.0786. The van der Waals surface area contributed by atoms with E-state index in [0.29, 0.717) is 0 Å². The molecule has 0 saturated carbocycles. The molecule has 0 fully saturated rings. The van der Waals surface area contributed by atoms with Crippen molar-refractivity contribution in [2.75, 3.05) is 13.7 Å². The van der Waals surface area contributed by atoms with Crippen molar-refractivity contribution in [3.8, 4) is 5.75 Å². The predicted octanol–water partition coefficient (Wildman–Crippen LogP) is 4.57. The number of hydrogen-bond donors (Lipinski definition) is 1. The van der Waals surface area contributed by atoms with Crippen LogP contribution in [0.3, 0.4) is 0 Å². The summed E-state index contributed by atoms with van der Waals surface area (Å²) in [6, 6.07) is 4.65. The third-order valence-corrected chi connectivity index (χ3v) is 3.89. The summed E-state index contributed by atoms with van der Waals surface area (Å²) >= 11 is 0. The summed E-state index contributed by atoms with van der Waals surface area (Å²) in [7, 11) is 1.79. The number of ether oxygens (including phenoxy) is 1. The molecule has 21 heavy (non-hydrogen) atoms. The first kappa shape index (κ1) is 18.0. The number of unbranched alkanes of at least 4 members (excludes halogenated alkanes) is 1. The highest BCUT2D eigenvalue weighted by atomic mass is 16.5. The summed E-state index contributed by atoms with van der Waals surface area (Å²) in [6.45, 7) is 14.3. The Kier molecular flexibility index (Phi) is 5.86. The van der Waals surface area contributed by atoms with E-state index in [1.54, 1.807) is 7.11 Å². The van der Waals surface area contributed by atoms with Crippen molar-refractivity contribution in [2.45, 2.75) is 71.6 Å². The van der Waals surface area contributed by atoms with E-state index in [1.807, 2.05) is 0 Å². The lowest BCUT2D eigenvalue weighted by molar-refractivity contribution is 0.381. The van der Waals surface area contributed by atoms with Crippen molar-refractivity contribution in [2.24, 2.45) is 5.73 Å². The van der Waals surface area contributed by atoms with Gasteiger partial charge in [0.15, 0.2) is 0 Å². The van der Waals surface area contributed by atoms with Gasteiger partial charge in [-0.15, -0.1) is 0 Å². The molecule has 0 radical (unpaired) electrons. The van der Waals surface area contributed by atoms with Gasteiger partial charge < -0.3 is 10.5 Å². The number of methoxy groups -OCH3 is 1. The van der Waals surface area contributed by atoms with Gasteiger partial charge in [0.25, 0.3) is 0 Å². The van der Waals surface area contributed by atoms with Crippen LogP contribution in [0.15, 0.2) is 12.1 Å². The second kappa shape index (κ2) is 6.83. The fourth-order valence-electron chi connectivity index (χ4n) is 2.64. The fourth-order valence-corrected chi connectivity index (χ4v) is 2.64. The molecule has 0 atom stereocenters. The molecule has 0 aliphatic heterocycles. The van der Waals surface area contributed by atoms with Gasteiger partial charge in [0.1, 0.15) is 5.75 Å². The van der Waals surface area contributed by atoms with Gasteiger partial charge in [-0.05, 0) is 42.2 Å². The molecule has 1 aromatic carbocycles. The van der Waals surface area contributed by atoms with Crippen molar-refractivity contribution in [1.29, 1.82) is 0 Å². The van der Waals surface area contributed by atoms with E-state index in [1.165, 1.54) is 16.7 Å². The average molecular weight is 291 g/mol. The Balaban J connectivity index is 3.37. The second-order valence-corrected chi connectivity index (χ2v) is 7.97. The number of rotatable bonds is 5. The maximum absolute atomic E-state index is 5.79. The van der Waals surface area contributed by atoms with Crippen LogP contribution in [0.2, 0.25) is 0 Å². The number of hydrogen-bond acceptors (Lipinski definition) is 2. The van der Waals surface area contributed by atoms with Crippen molar-refractivity contribution in [3.05, 3.63) is 28.8 Å². The van der Waals surface area contributed by atoms with Crippen LogP contribution in [-0.4, -0.2) is 13.7 Å². The van der Waals surface area contributed by atoms with E-state index in [0.717, 1.165) is 31.6 Å². The van der Waals surface area contributed by atoms with Gasteiger partial charge in [-0.2, -0.15) is 0 Å². The van der Waals surface area contributed by atoms with Gasteiger partial charge in [0.05, 0.1) is 7.11 Å². The third-order valence-electron chi connectivity index (χ3n) is 3.89. The molecule has 0 spiro atoms. The first-order valence-electron chi connectivity index (χ1n) is 8.03. The van der Waals surface area contributed by atoms with Gasteiger partial charge in [-0.25, -0.2) is 0 Å². The molecule has 0 bridgehead atoms. The molecule has 0 unspecified atom stereocenters. The zero-order valence-electron chi connectivity index (χ0n) is 15.0. The first-order chi connectivity index (χ1) is 9.61. The van der Waals surface area contributed by atoms with Gasteiger partial charge >= 0.3 is 0 Å². The van der Waals surface area contributed by atoms with E-state index in [2.05, 4.69) is 53.7 Å². The molecule has 1 rings (SSSR count). The first-order valence-corrected chi connectivity index (χ1v) is 8.03. The minimum Gasteiger partial charge on any atom is -0.496 e. The van der Waals surface area contributed by atoms with Gasteiger partial charge in [-0.3, -0.25) is 0 Å². The van der Waals surface area contributed by atoms with E-state index >= 15 is 0 Å². The summed E-state index contributed by atoms with van der Waals surface area (Å²) in [6.07, 6.45) is 3.32. The van der Waals surface area contributed by atoms with Crippen LogP contribution in [0.4, 0.5) is 0 Å². The zero-order valence-corrected chi connectivity index (χ0v) is 15.0. The molecule has 0 aliphatic carbocycles. The fraction of sp³-hybridized carbons (Fsp3) is 0.684. The van der Waals surface area contributed by atoms with Crippen LogP contribution in [0.5, 0.6) is 5.75 Å². The normalized spacial score (nSPS) is 12.6. The lowest BCUT2D eigenvalue weighted by Crippen LogP contribution is -2.19. The van der Waals surface area contributed by atoms with E-state index in [4.69, 9.17) is 10.5 Å². The van der Waals surface area contributed by atoms with Crippen molar-refractivity contribution in [1.82, 2.24) is 0 Å². The summed E-state index contributed by atoms with van der Waals surface area (Å²) in [5.41, 5.74) is 9.79. The number of aryl methyl sites for hydroxylation is 1. The maximum atomic E-state index is 5.79. The Morgan fingerprint density at radius 1 is 0.905 bits per heavy atom. The largest absolute Gasteiger partial charge is 0.496 e. The van der Waals surface area contributed by atoms with Crippen LogP contribution in [-0.2, 0) is 17.3 Å². The Bertz CT molecular complexity index is 428. The summed E-state index contributed by atoms with van der Waals surface area (Å²) < 4.78 is 5.79. The quantitative estimate of drug-likeness (QED) is 0.806. The Labute approximate surface area is 131 Å². The Hall–Kier alpha value is -1.02. The molecule has 2 N–H and O–H groups in total. The monoisotopic (exact) mass is 291 g/mol. The van der Waals surface area contributed by atoms with Crippen molar-refractivity contribution >= 4 is 0 Å². The molecule has 0 aromatic heterocycles. The van der Waals surface area contributed by atoms with Crippen molar-refractivity contribution < 1.29 is 4.74 Å². The zero-order chi connectivity index (χ0) is 16.3. The maximum Gasteiger partial charge on any atom is 0.126 e. The molecule has 2 nitrogen and oxygen atoms in total. The molecule has 0 saturated heterocycles. The predicted molar refractivity (Wildman–Crippen MR) is 92.4 cm³/mol. The molecule has 120 valence electrons. The highest BCUT2D eigenvalue weighted by Crippen LogP contribution is 2.40. The molecular weight excluding hydrogens is 258 g/mol. The van der Waals surface area contributed by atoms with E-state index < -0.39 is 0 Å². The highest BCUT2D eigenvalue weighted by Gasteiger charge is 2.27. The van der Waals surface area contributed by atoms with Crippen LogP contribution in [0.1, 0.15) is 71.1 Å². The highest BCUT2D eigenvalue weighted by molar-refractivity contribution is 5.50. The molecule has 0 heterocycles. The molecule has 0 amide bonds. The van der Waals surface area contributed by atoms with Crippen LogP contribution >= 0.6 is 0 Å². The molecule has 1 aromatic rings. The smallest absolute Gasteiger partial charge is 0.126 e. The van der Waals surface area contributed by atoms with Crippen LogP contribution in [0.25, 0.3) is 0 Å². The molecule has 0 aliphatic rings. The SMILES string of the molecule is COc1c(C(C)(C)C)cc(CCCCN)cc1C(C)(C)C. The number of benzene rings is 1. The van der Waals surface area contributed by atoms with E-state index in [9.17, 15) is 0 Å². The minimum atomic E-state index is 0.0786. The van der Waals surface area contributed by atoms with Crippen molar-refractivity contribution in [3.63, 3.8) is 0 Å². The average Bonchev–Trinajstić information content (AvgIpc) is 2.36. The second-order valence-electron chi connectivity index (χ2n) is 7.97. The standard InChI is InChI=1S/C19H33NO/c1-18(2,3)15-12-14(10-8-9-11-20)13-16(17(15)21-7)19(4,5)6/h12-13H,8-11,20H2,1-7H3. The lowest BCUT2D eigenvalue weighted by atomic mass is 9.78. The Morgan fingerprint density at radius 3 is 1.71 bits per heavy atom. The van der Waals surface area contributed by atoms with Gasteiger partial charge in [0.2, 0.25) is 0 Å². The van der Waals surface area contributed by atoms with E-state index in [-0.39, 0.29) is 10.8 Å². The van der Waals surface area contributed by atoms with Gasteiger partial charge in [-0.1, -0.05) is 53.7 Å². The number of nitrogens with two attached hydrogens (primary N) is 1. The summed E-state index contributed by atoms with van der Waals surface area (Å²) in [5.74, 6) is 1.05. The van der Waals surface area contributed by atoms with Crippen LogP contribution in [0, 0.1) is 0 Å². The summed E-state index contributed by atoms with van der Waals surface area (Å²) in [5, 5.41) is 0.